The molecule has 0 bridgehead atoms. The Kier molecular flexibility index (Phi) is 6.76. The van der Waals surface area contributed by atoms with Crippen LogP contribution in [-0.4, -0.2) is 24.2 Å². The molecule has 72 valence electrons. The van der Waals surface area contributed by atoms with E-state index in [1.165, 1.54) is 0 Å². The molecule has 3 heteroatoms. The summed E-state index contributed by atoms with van der Waals surface area (Å²) >= 11 is 0. The molecule has 0 rings (SSSR count). The van der Waals surface area contributed by atoms with Crippen LogP contribution in [0.5, 0.6) is 0 Å². The third-order valence-corrected chi connectivity index (χ3v) is 1.91. The summed E-state index contributed by atoms with van der Waals surface area (Å²) in [6.07, 6.45) is 2.85. The van der Waals surface area contributed by atoms with Gasteiger partial charge in [-0.05, 0) is 12.8 Å². The van der Waals surface area contributed by atoms with E-state index in [1.807, 2.05) is 6.92 Å². The Morgan fingerprint density at radius 3 is 2.58 bits per heavy atom. The quantitative estimate of drug-likeness (QED) is 0.627. The van der Waals surface area contributed by atoms with Gasteiger partial charge in [0.2, 0.25) is 5.91 Å². The molecule has 1 atom stereocenters. The Morgan fingerprint density at radius 2 is 2.17 bits per heavy atom. The van der Waals surface area contributed by atoms with E-state index >= 15 is 0 Å². The smallest absolute Gasteiger partial charge is 0.223 e. The first kappa shape index (κ1) is 11.4. The van der Waals surface area contributed by atoms with Crippen LogP contribution in [0, 0.1) is 5.92 Å². The maximum atomic E-state index is 11.3. The van der Waals surface area contributed by atoms with Crippen molar-refractivity contribution < 1.29 is 9.90 Å². The minimum atomic E-state index is 0.0221. The molecule has 0 saturated carbocycles. The standard InChI is InChI=1S/C9H19NO2/c1-3-5-8(4-2)9(12)10-6-7-11/h8,11H,3-7H2,1-2H3,(H,10,12). The van der Waals surface area contributed by atoms with E-state index in [9.17, 15) is 4.79 Å². The maximum absolute atomic E-state index is 11.3. The zero-order valence-corrected chi connectivity index (χ0v) is 7.97. The first-order chi connectivity index (χ1) is 5.76. The van der Waals surface area contributed by atoms with Crippen LogP contribution in [0.3, 0.4) is 0 Å². The number of carbonyl (C=O) groups is 1. The van der Waals surface area contributed by atoms with Crippen molar-refractivity contribution in [1.29, 1.82) is 0 Å². The second kappa shape index (κ2) is 7.10. The van der Waals surface area contributed by atoms with E-state index in [-0.39, 0.29) is 18.4 Å². The van der Waals surface area contributed by atoms with E-state index in [0.29, 0.717) is 6.54 Å². The Labute approximate surface area is 74.2 Å². The fourth-order valence-electron chi connectivity index (χ4n) is 1.19. The number of aliphatic hydroxyl groups is 1. The number of hydrogen-bond donors (Lipinski definition) is 2. The van der Waals surface area contributed by atoms with Crippen molar-refractivity contribution in [2.24, 2.45) is 5.92 Å². The zero-order chi connectivity index (χ0) is 9.40. The van der Waals surface area contributed by atoms with Gasteiger partial charge in [-0.25, -0.2) is 0 Å². The van der Waals surface area contributed by atoms with Crippen molar-refractivity contribution in [3.8, 4) is 0 Å². The van der Waals surface area contributed by atoms with Gasteiger partial charge in [-0.3, -0.25) is 4.79 Å². The highest BCUT2D eigenvalue weighted by atomic mass is 16.3. The van der Waals surface area contributed by atoms with Gasteiger partial charge in [0.1, 0.15) is 0 Å². The molecule has 0 fully saturated rings. The molecule has 2 N–H and O–H groups in total. The highest BCUT2D eigenvalue weighted by Crippen LogP contribution is 2.09. The molecule has 0 aromatic carbocycles. The van der Waals surface area contributed by atoms with Crippen LogP contribution in [0.25, 0.3) is 0 Å². The Bertz CT molecular complexity index is 126. The van der Waals surface area contributed by atoms with Crippen LogP contribution in [-0.2, 0) is 4.79 Å². The Morgan fingerprint density at radius 1 is 1.50 bits per heavy atom. The fourth-order valence-corrected chi connectivity index (χ4v) is 1.19. The molecule has 0 aliphatic carbocycles. The first-order valence-corrected chi connectivity index (χ1v) is 4.64. The monoisotopic (exact) mass is 173 g/mol. The van der Waals surface area contributed by atoms with E-state index in [2.05, 4.69) is 12.2 Å². The second-order valence-electron chi connectivity index (χ2n) is 2.91. The normalized spacial score (nSPS) is 12.6. The molecule has 0 aromatic rings. The molecule has 0 aliphatic heterocycles. The van der Waals surface area contributed by atoms with Gasteiger partial charge in [-0.15, -0.1) is 0 Å². The van der Waals surface area contributed by atoms with Crippen molar-refractivity contribution in [2.45, 2.75) is 33.1 Å². The third-order valence-electron chi connectivity index (χ3n) is 1.91. The average molecular weight is 173 g/mol. The van der Waals surface area contributed by atoms with Crippen LogP contribution in [0.15, 0.2) is 0 Å². The van der Waals surface area contributed by atoms with E-state index in [4.69, 9.17) is 5.11 Å². The van der Waals surface area contributed by atoms with Crippen molar-refractivity contribution in [2.75, 3.05) is 13.2 Å². The molecule has 0 radical (unpaired) electrons. The fraction of sp³-hybridized carbons (Fsp3) is 0.889. The predicted molar refractivity (Wildman–Crippen MR) is 48.8 cm³/mol. The molecule has 0 heterocycles. The average Bonchev–Trinajstić information content (AvgIpc) is 2.10. The van der Waals surface area contributed by atoms with Gasteiger partial charge in [-0.1, -0.05) is 20.3 Å². The molecular weight excluding hydrogens is 154 g/mol. The van der Waals surface area contributed by atoms with Crippen molar-refractivity contribution >= 4 is 5.91 Å². The van der Waals surface area contributed by atoms with Crippen LogP contribution in [0.4, 0.5) is 0 Å². The van der Waals surface area contributed by atoms with Gasteiger partial charge in [0.15, 0.2) is 0 Å². The second-order valence-corrected chi connectivity index (χ2v) is 2.91. The lowest BCUT2D eigenvalue weighted by Crippen LogP contribution is -2.32. The lowest BCUT2D eigenvalue weighted by molar-refractivity contribution is -0.125. The summed E-state index contributed by atoms with van der Waals surface area (Å²) in [5.74, 6) is 0.204. The topological polar surface area (TPSA) is 49.3 Å². The molecule has 3 nitrogen and oxygen atoms in total. The number of aliphatic hydroxyl groups excluding tert-OH is 1. The predicted octanol–water partition coefficient (Wildman–Crippen LogP) is 0.921. The highest BCUT2D eigenvalue weighted by molar-refractivity contribution is 5.78. The molecule has 12 heavy (non-hydrogen) atoms. The number of amides is 1. The summed E-state index contributed by atoms with van der Waals surface area (Å²) < 4.78 is 0. The number of hydrogen-bond acceptors (Lipinski definition) is 2. The van der Waals surface area contributed by atoms with Gasteiger partial charge in [0.05, 0.1) is 6.61 Å². The van der Waals surface area contributed by atoms with Crippen LogP contribution < -0.4 is 5.32 Å². The summed E-state index contributed by atoms with van der Waals surface area (Å²) in [5.41, 5.74) is 0. The van der Waals surface area contributed by atoms with Crippen molar-refractivity contribution in [3.05, 3.63) is 0 Å². The number of nitrogens with one attached hydrogen (secondary N) is 1. The lowest BCUT2D eigenvalue weighted by Gasteiger charge is -2.12. The molecule has 1 unspecified atom stereocenters. The molecular formula is C9H19NO2. The largest absolute Gasteiger partial charge is 0.395 e. The molecule has 0 aromatic heterocycles. The zero-order valence-electron chi connectivity index (χ0n) is 7.97. The summed E-state index contributed by atoms with van der Waals surface area (Å²) in [4.78, 5) is 11.3. The molecule has 0 spiro atoms. The summed E-state index contributed by atoms with van der Waals surface area (Å²) in [6, 6.07) is 0. The van der Waals surface area contributed by atoms with Gasteiger partial charge < -0.3 is 10.4 Å². The van der Waals surface area contributed by atoms with E-state index < -0.39 is 0 Å². The van der Waals surface area contributed by atoms with Gasteiger partial charge in [0.25, 0.3) is 0 Å². The minimum absolute atomic E-state index is 0.0221. The first-order valence-electron chi connectivity index (χ1n) is 4.64. The third kappa shape index (κ3) is 4.34. The minimum Gasteiger partial charge on any atom is -0.395 e. The van der Waals surface area contributed by atoms with Crippen LogP contribution in [0.1, 0.15) is 33.1 Å². The molecule has 0 aliphatic rings. The summed E-state index contributed by atoms with van der Waals surface area (Å²) in [7, 11) is 0. The summed E-state index contributed by atoms with van der Waals surface area (Å²) in [6.45, 7) is 4.48. The van der Waals surface area contributed by atoms with Gasteiger partial charge >= 0.3 is 0 Å². The van der Waals surface area contributed by atoms with Crippen LogP contribution >= 0.6 is 0 Å². The number of rotatable bonds is 6. The SMILES string of the molecule is CCCC(CC)C(=O)NCCO. The van der Waals surface area contributed by atoms with E-state index in [1.54, 1.807) is 0 Å². The van der Waals surface area contributed by atoms with Gasteiger partial charge in [0, 0.05) is 12.5 Å². The summed E-state index contributed by atoms with van der Waals surface area (Å²) in [5, 5.41) is 11.2. The van der Waals surface area contributed by atoms with Crippen LogP contribution in [0.2, 0.25) is 0 Å². The Hall–Kier alpha value is -0.570. The molecule has 0 saturated heterocycles. The van der Waals surface area contributed by atoms with Crippen molar-refractivity contribution in [1.82, 2.24) is 5.32 Å². The molecule has 1 amide bonds. The maximum Gasteiger partial charge on any atom is 0.223 e. The van der Waals surface area contributed by atoms with Crippen molar-refractivity contribution in [3.63, 3.8) is 0 Å². The van der Waals surface area contributed by atoms with E-state index in [0.717, 1.165) is 19.3 Å². The lowest BCUT2D eigenvalue weighted by atomic mass is 10.00. The number of carbonyl (C=O) groups excluding carboxylic acids is 1. The van der Waals surface area contributed by atoms with Gasteiger partial charge in [-0.2, -0.15) is 0 Å². The highest BCUT2D eigenvalue weighted by Gasteiger charge is 2.13. The Balaban J connectivity index is 3.69.